The number of aliphatic hydroxyl groups is 1. The first kappa shape index (κ1) is 12.7. The van der Waals surface area contributed by atoms with Crippen LogP contribution in [-0.4, -0.2) is 27.8 Å². The molecule has 1 aliphatic rings. The standard InChI is InChI=1S/C15H15N3O2/c19-14-6-3-9-18(13-5-2-1-4-12(13)14)15(20)11-7-8-16-17-10-11/h1-2,4-5,7-8,10,14,19H,3,6,9H2. The van der Waals surface area contributed by atoms with Gasteiger partial charge >= 0.3 is 0 Å². The summed E-state index contributed by atoms with van der Waals surface area (Å²) >= 11 is 0. The fourth-order valence-corrected chi connectivity index (χ4v) is 2.52. The molecule has 5 nitrogen and oxygen atoms in total. The lowest BCUT2D eigenvalue weighted by molar-refractivity contribution is 0.0986. The van der Waals surface area contributed by atoms with Crippen LogP contribution in [0.5, 0.6) is 0 Å². The summed E-state index contributed by atoms with van der Waals surface area (Å²) in [4.78, 5) is 14.3. The molecule has 1 amide bonds. The number of fused-ring (bicyclic) bond motifs is 1. The molecule has 5 heteroatoms. The first-order valence-electron chi connectivity index (χ1n) is 6.63. The van der Waals surface area contributed by atoms with Gasteiger partial charge in [-0.15, -0.1) is 0 Å². The van der Waals surface area contributed by atoms with E-state index < -0.39 is 6.10 Å². The van der Waals surface area contributed by atoms with Crippen molar-refractivity contribution in [1.82, 2.24) is 10.2 Å². The summed E-state index contributed by atoms with van der Waals surface area (Å²) < 4.78 is 0. The second-order valence-electron chi connectivity index (χ2n) is 4.80. The normalized spacial score (nSPS) is 18.2. The molecule has 0 saturated heterocycles. The summed E-state index contributed by atoms with van der Waals surface area (Å²) in [5, 5.41) is 17.6. The molecular weight excluding hydrogens is 254 g/mol. The van der Waals surface area contributed by atoms with Gasteiger partial charge in [0.25, 0.3) is 5.91 Å². The molecule has 1 unspecified atom stereocenters. The van der Waals surface area contributed by atoms with Crippen LogP contribution in [0.25, 0.3) is 0 Å². The Labute approximate surface area is 116 Å². The zero-order valence-corrected chi connectivity index (χ0v) is 10.9. The zero-order valence-electron chi connectivity index (χ0n) is 10.9. The fourth-order valence-electron chi connectivity index (χ4n) is 2.52. The Hall–Kier alpha value is -2.27. The number of hydrogen-bond donors (Lipinski definition) is 1. The smallest absolute Gasteiger partial charge is 0.259 e. The van der Waals surface area contributed by atoms with Crippen LogP contribution in [0.1, 0.15) is 34.9 Å². The van der Waals surface area contributed by atoms with Crippen LogP contribution in [0.4, 0.5) is 5.69 Å². The van der Waals surface area contributed by atoms with E-state index in [4.69, 9.17) is 0 Å². The Balaban J connectivity index is 2.01. The average molecular weight is 269 g/mol. The monoisotopic (exact) mass is 269 g/mol. The number of para-hydroxylation sites is 1. The number of benzene rings is 1. The van der Waals surface area contributed by atoms with Crippen molar-refractivity contribution in [1.29, 1.82) is 0 Å². The maximum Gasteiger partial charge on any atom is 0.259 e. The third kappa shape index (κ3) is 2.28. The van der Waals surface area contributed by atoms with Crippen molar-refractivity contribution in [3.05, 3.63) is 53.9 Å². The first-order chi connectivity index (χ1) is 9.77. The van der Waals surface area contributed by atoms with Gasteiger partial charge < -0.3 is 10.0 Å². The van der Waals surface area contributed by atoms with Gasteiger partial charge in [-0.25, -0.2) is 0 Å². The Kier molecular flexibility index (Phi) is 3.43. The largest absolute Gasteiger partial charge is 0.388 e. The third-order valence-corrected chi connectivity index (χ3v) is 3.52. The summed E-state index contributed by atoms with van der Waals surface area (Å²) in [5.41, 5.74) is 2.09. The van der Waals surface area contributed by atoms with E-state index in [1.807, 2.05) is 24.3 Å². The summed E-state index contributed by atoms with van der Waals surface area (Å²) in [7, 11) is 0. The van der Waals surface area contributed by atoms with E-state index in [1.165, 1.54) is 12.4 Å². The summed E-state index contributed by atoms with van der Waals surface area (Å²) in [6.07, 6.45) is 3.88. The van der Waals surface area contributed by atoms with Crippen LogP contribution in [0.2, 0.25) is 0 Å². The molecule has 3 rings (SSSR count). The van der Waals surface area contributed by atoms with Crippen molar-refractivity contribution in [3.8, 4) is 0 Å². The van der Waals surface area contributed by atoms with Crippen molar-refractivity contribution >= 4 is 11.6 Å². The number of hydrogen-bond acceptors (Lipinski definition) is 4. The predicted octanol–water partition coefficient (Wildman–Crippen LogP) is 1.95. The van der Waals surface area contributed by atoms with Crippen molar-refractivity contribution in [2.75, 3.05) is 11.4 Å². The lowest BCUT2D eigenvalue weighted by atomic mass is 10.0. The summed E-state index contributed by atoms with van der Waals surface area (Å²) in [6.45, 7) is 0.592. The average Bonchev–Trinajstić information content (AvgIpc) is 2.67. The van der Waals surface area contributed by atoms with Crippen LogP contribution >= 0.6 is 0 Å². The lowest BCUT2D eigenvalue weighted by Crippen LogP contribution is -2.31. The number of nitrogens with zero attached hydrogens (tertiary/aromatic N) is 3. The SMILES string of the molecule is O=C(c1ccnnc1)N1CCCC(O)c2ccccc21. The zero-order chi connectivity index (χ0) is 13.9. The van der Waals surface area contributed by atoms with Gasteiger partial charge in [0.05, 0.1) is 24.1 Å². The fraction of sp³-hybridized carbons (Fsp3) is 0.267. The van der Waals surface area contributed by atoms with E-state index in [-0.39, 0.29) is 5.91 Å². The van der Waals surface area contributed by atoms with Gasteiger partial charge in [-0.2, -0.15) is 10.2 Å². The molecule has 2 aromatic rings. The van der Waals surface area contributed by atoms with E-state index in [2.05, 4.69) is 10.2 Å². The van der Waals surface area contributed by atoms with Crippen LogP contribution in [0.15, 0.2) is 42.7 Å². The molecule has 0 bridgehead atoms. The number of aliphatic hydroxyl groups excluding tert-OH is 1. The highest BCUT2D eigenvalue weighted by Gasteiger charge is 2.25. The minimum Gasteiger partial charge on any atom is -0.388 e. The Morgan fingerprint density at radius 1 is 1.25 bits per heavy atom. The molecule has 0 radical (unpaired) electrons. The molecule has 0 spiro atoms. The second-order valence-corrected chi connectivity index (χ2v) is 4.80. The minimum atomic E-state index is -0.514. The molecule has 1 atom stereocenters. The van der Waals surface area contributed by atoms with Crippen LogP contribution in [0, 0.1) is 0 Å². The highest BCUT2D eigenvalue weighted by Crippen LogP contribution is 2.33. The van der Waals surface area contributed by atoms with E-state index in [0.29, 0.717) is 18.5 Å². The number of carbonyl (C=O) groups is 1. The van der Waals surface area contributed by atoms with Gasteiger partial charge in [0.15, 0.2) is 0 Å². The number of carbonyl (C=O) groups excluding carboxylic acids is 1. The molecule has 1 N–H and O–H groups in total. The highest BCUT2D eigenvalue weighted by molar-refractivity contribution is 6.06. The lowest BCUT2D eigenvalue weighted by Gasteiger charge is -2.23. The topological polar surface area (TPSA) is 66.3 Å². The van der Waals surface area contributed by atoms with Gasteiger partial charge in [0.1, 0.15) is 0 Å². The van der Waals surface area contributed by atoms with Gasteiger partial charge in [-0.1, -0.05) is 18.2 Å². The predicted molar refractivity (Wildman–Crippen MR) is 74.3 cm³/mol. The van der Waals surface area contributed by atoms with Crippen molar-refractivity contribution < 1.29 is 9.90 Å². The van der Waals surface area contributed by atoms with Gasteiger partial charge in [-0.3, -0.25) is 4.79 Å². The Bertz CT molecular complexity index is 616. The Morgan fingerprint density at radius 2 is 2.10 bits per heavy atom. The first-order valence-corrected chi connectivity index (χ1v) is 6.63. The maximum absolute atomic E-state index is 12.6. The van der Waals surface area contributed by atoms with E-state index in [1.54, 1.807) is 11.0 Å². The Morgan fingerprint density at radius 3 is 2.90 bits per heavy atom. The minimum absolute atomic E-state index is 0.110. The van der Waals surface area contributed by atoms with Crippen molar-refractivity contribution in [2.45, 2.75) is 18.9 Å². The molecular formula is C15H15N3O2. The molecule has 20 heavy (non-hydrogen) atoms. The van der Waals surface area contributed by atoms with Gasteiger partial charge in [-0.05, 0) is 25.0 Å². The molecule has 2 heterocycles. The molecule has 1 aromatic heterocycles. The second kappa shape index (κ2) is 5.38. The summed E-state index contributed by atoms with van der Waals surface area (Å²) in [6, 6.07) is 9.15. The number of aromatic nitrogens is 2. The molecule has 0 aliphatic carbocycles. The molecule has 102 valence electrons. The number of rotatable bonds is 1. The van der Waals surface area contributed by atoms with E-state index >= 15 is 0 Å². The van der Waals surface area contributed by atoms with Gasteiger partial charge in [0.2, 0.25) is 0 Å². The van der Waals surface area contributed by atoms with E-state index in [0.717, 1.165) is 17.7 Å². The summed E-state index contributed by atoms with van der Waals surface area (Å²) in [5.74, 6) is -0.110. The van der Waals surface area contributed by atoms with Crippen LogP contribution in [-0.2, 0) is 0 Å². The van der Waals surface area contributed by atoms with Crippen molar-refractivity contribution in [2.24, 2.45) is 0 Å². The molecule has 0 fully saturated rings. The third-order valence-electron chi connectivity index (χ3n) is 3.52. The molecule has 0 saturated carbocycles. The van der Waals surface area contributed by atoms with Crippen molar-refractivity contribution in [3.63, 3.8) is 0 Å². The number of amides is 1. The van der Waals surface area contributed by atoms with Crippen LogP contribution in [0.3, 0.4) is 0 Å². The van der Waals surface area contributed by atoms with E-state index in [9.17, 15) is 9.90 Å². The maximum atomic E-state index is 12.6. The van der Waals surface area contributed by atoms with Crippen LogP contribution < -0.4 is 4.90 Å². The molecule has 1 aromatic carbocycles. The quantitative estimate of drug-likeness (QED) is 0.859. The van der Waals surface area contributed by atoms with Gasteiger partial charge in [0, 0.05) is 17.8 Å². The number of anilines is 1. The highest BCUT2D eigenvalue weighted by atomic mass is 16.3. The molecule has 1 aliphatic heterocycles.